The number of rotatable bonds is 8. The lowest BCUT2D eigenvalue weighted by Gasteiger charge is -2.37. The van der Waals surface area contributed by atoms with Gasteiger partial charge in [0.2, 0.25) is 5.91 Å². The molecule has 0 spiro atoms. The van der Waals surface area contributed by atoms with Crippen molar-refractivity contribution in [2.45, 2.75) is 12.5 Å². The Morgan fingerprint density at radius 2 is 1.65 bits per heavy atom. The predicted molar refractivity (Wildman–Crippen MR) is 168 cm³/mol. The summed E-state index contributed by atoms with van der Waals surface area (Å²) in [6.07, 6.45) is 5.17. The highest BCUT2D eigenvalue weighted by molar-refractivity contribution is 6.33. The number of aromatic amines is 1. The smallest absolute Gasteiger partial charge is 0.254 e. The van der Waals surface area contributed by atoms with Crippen LogP contribution in [0.25, 0.3) is 10.9 Å². The fourth-order valence-electron chi connectivity index (χ4n) is 5.43. The van der Waals surface area contributed by atoms with E-state index >= 15 is 4.39 Å². The number of nitrogens with one attached hydrogen (secondary N) is 3. The van der Waals surface area contributed by atoms with Crippen molar-refractivity contribution in [1.29, 1.82) is 0 Å². The van der Waals surface area contributed by atoms with Gasteiger partial charge in [0.15, 0.2) is 0 Å². The normalized spacial score (nSPS) is 14.0. The third-order valence-corrected chi connectivity index (χ3v) is 8.02. The molecule has 2 amide bonds. The van der Waals surface area contributed by atoms with E-state index in [4.69, 9.17) is 11.6 Å². The Morgan fingerprint density at radius 1 is 0.930 bits per heavy atom. The number of amides is 2. The number of para-hydroxylation sites is 2. The second-order valence-corrected chi connectivity index (χ2v) is 10.8. The summed E-state index contributed by atoms with van der Waals surface area (Å²) in [5.41, 5.74) is 3.88. The molecule has 1 aliphatic heterocycles. The monoisotopic (exact) mass is 596 g/mol. The molecule has 1 fully saturated rings. The third-order valence-electron chi connectivity index (χ3n) is 7.70. The molecule has 1 aliphatic rings. The molecule has 1 saturated heterocycles. The van der Waals surface area contributed by atoms with Gasteiger partial charge in [-0.25, -0.2) is 4.39 Å². The Morgan fingerprint density at radius 3 is 2.42 bits per heavy atom. The van der Waals surface area contributed by atoms with Crippen LogP contribution >= 0.6 is 11.6 Å². The van der Waals surface area contributed by atoms with Crippen molar-refractivity contribution in [3.05, 3.63) is 119 Å². The molecule has 8 nitrogen and oxygen atoms in total. The Bertz CT molecular complexity index is 1750. The van der Waals surface area contributed by atoms with Crippen molar-refractivity contribution >= 4 is 51.4 Å². The molecule has 2 aromatic heterocycles. The number of fused-ring (bicyclic) bond motifs is 1. The van der Waals surface area contributed by atoms with Gasteiger partial charge in [-0.1, -0.05) is 41.9 Å². The minimum Gasteiger partial charge on any atom is -0.368 e. The van der Waals surface area contributed by atoms with Crippen LogP contribution in [0.5, 0.6) is 0 Å². The van der Waals surface area contributed by atoms with Gasteiger partial charge >= 0.3 is 0 Å². The largest absolute Gasteiger partial charge is 0.368 e. The number of aromatic nitrogens is 2. The molecule has 1 atom stereocenters. The summed E-state index contributed by atoms with van der Waals surface area (Å²) in [6, 6.07) is 22.4. The van der Waals surface area contributed by atoms with Crippen LogP contribution in [-0.4, -0.2) is 54.0 Å². The Hall–Kier alpha value is -4.89. The molecule has 10 heteroatoms. The van der Waals surface area contributed by atoms with E-state index in [1.807, 2.05) is 54.7 Å². The minimum absolute atomic E-state index is 0.126. The molecule has 43 heavy (non-hydrogen) atoms. The minimum atomic E-state index is -0.961. The summed E-state index contributed by atoms with van der Waals surface area (Å²) in [6.45, 7) is 2.82. The maximum absolute atomic E-state index is 15.4. The van der Waals surface area contributed by atoms with Gasteiger partial charge in [0.25, 0.3) is 5.91 Å². The summed E-state index contributed by atoms with van der Waals surface area (Å²) >= 11 is 6.37. The summed E-state index contributed by atoms with van der Waals surface area (Å²) in [5.74, 6) is -1.73. The van der Waals surface area contributed by atoms with Crippen molar-refractivity contribution in [2.24, 2.45) is 0 Å². The maximum atomic E-state index is 15.4. The number of hydrogen-bond acceptors (Lipinski definition) is 5. The van der Waals surface area contributed by atoms with Gasteiger partial charge in [-0.3, -0.25) is 14.6 Å². The van der Waals surface area contributed by atoms with Crippen LogP contribution in [-0.2, 0) is 11.2 Å². The summed E-state index contributed by atoms with van der Waals surface area (Å²) in [5, 5.41) is 7.25. The SMILES string of the molecule is O=C(N[C@H](Cc1c[nH]c2ccccc12)C(=O)Nc1ccncc1)c1ccc(N2CCN(c3ccccc3Cl)CC2)cc1F. The Balaban J connectivity index is 1.17. The maximum Gasteiger partial charge on any atom is 0.254 e. The number of piperazine rings is 1. The summed E-state index contributed by atoms with van der Waals surface area (Å²) in [7, 11) is 0. The van der Waals surface area contributed by atoms with E-state index in [-0.39, 0.29) is 12.0 Å². The quantitative estimate of drug-likeness (QED) is 0.215. The number of H-pyrrole nitrogens is 1. The molecule has 3 N–H and O–H groups in total. The average molecular weight is 597 g/mol. The molecule has 3 heterocycles. The second-order valence-electron chi connectivity index (χ2n) is 10.4. The first kappa shape index (κ1) is 28.2. The van der Waals surface area contributed by atoms with Gasteiger partial charge in [0, 0.05) is 73.5 Å². The number of nitrogens with zero attached hydrogens (tertiary/aromatic N) is 3. The van der Waals surface area contributed by atoms with Crippen molar-refractivity contribution in [3.8, 4) is 0 Å². The van der Waals surface area contributed by atoms with E-state index in [2.05, 4.69) is 30.4 Å². The van der Waals surface area contributed by atoms with E-state index < -0.39 is 23.7 Å². The van der Waals surface area contributed by atoms with E-state index in [0.717, 1.165) is 35.2 Å². The highest BCUT2D eigenvalue weighted by atomic mass is 35.5. The third kappa shape index (κ3) is 6.32. The van der Waals surface area contributed by atoms with E-state index in [1.54, 1.807) is 30.6 Å². The standard InChI is InChI=1S/C33H30ClFN6O2/c34-27-6-2-4-8-31(27)41-17-15-40(16-18-41)24-9-10-26(28(35)20-24)32(42)39-30(33(43)38-23-11-13-36-14-12-23)19-22-21-37-29-7-3-1-5-25(22)29/h1-14,20-21,30,37H,15-19H2,(H,39,42)(H,36,38,43)/t30-/m1/s1. The zero-order valence-corrected chi connectivity index (χ0v) is 24.0. The molecule has 218 valence electrons. The molecule has 0 bridgehead atoms. The van der Waals surface area contributed by atoms with Gasteiger partial charge in [0.05, 0.1) is 16.3 Å². The molecular formula is C33H30ClFN6O2. The topological polar surface area (TPSA) is 93.4 Å². The van der Waals surface area contributed by atoms with Crippen LogP contribution in [0.1, 0.15) is 15.9 Å². The number of carbonyl (C=O) groups excluding carboxylic acids is 2. The second kappa shape index (κ2) is 12.5. The lowest BCUT2D eigenvalue weighted by molar-refractivity contribution is -0.118. The van der Waals surface area contributed by atoms with Crippen LogP contribution in [0, 0.1) is 5.82 Å². The molecule has 0 radical (unpaired) electrons. The van der Waals surface area contributed by atoms with Crippen LogP contribution in [0.2, 0.25) is 5.02 Å². The van der Waals surface area contributed by atoms with Gasteiger partial charge < -0.3 is 25.4 Å². The molecule has 6 rings (SSSR count). The lowest BCUT2D eigenvalue weighted by Crippen LogP contribution is -2.47. The van der Waals surface area contributed by atoms with Gasteiger partial charge in [-0.15, -0.1) is 0 Å². The number of hydrogen-bond donors (Lipinski definition) is 3. The summed E-state index contributed by atoms with van der Waals surface area (Å²) in [4.78, 5) is 38.2. The van der Waals surface area contributed by atoms with Gasteiger partial charge in [-0.2, -0.15) is 0 Å². The molecule has 0 saturated carbocycles. The Labute approximate surface area is 253 Å². The fraction of sp³-hybridized carbons (Fsp3) is 0.182. The zero-order valence-electron chi connectivity index (χ0n) is 23.3. The number of pyridine rings is 1. The number of benzene rings is 3. The first-order valence-electron chi connectivity index (χ1n) is 14.1. The van der Waals surface area contributed by atoms with Crippen molar-refractivity contribution in [1.82, 2.24) is 15.3 Å². The predicted octanol–water partition coefficient (Wildman–Crippen LogP) is 5.66. The number of anilines is 3. The van der Waals surface area contributed by atoms with Crippen LogP contribution in [0.15, 0.2) is 97.5 Å². The van der Waals surface area contributed by atoms with Crippen LogP contribution < -0.4 is 20.4 Å². The van der Waals surface area contributed by atoms with Crippen molar-refractivity contribution in [3.63, 3.8) is 0 Å². The first-order valence-corrected chi connectivity index (χ1v) is 14.4. The number of halogens is 2. The summed E-state index contributed by atoms with van der Waals surface area (Å²) < 4.78 is 15.4. The van der Waals surface area contributed by atoms with E-state index in [0.29, 0.717) is 29.5 Å². The first-order chi connectivity index (χ1) is 21.0. The molecule has 3 aromatic carbocycles. The highest BCUT2D eigenvalue weighted by Crippen LogP contribution is 2.28. The van der Waals surface area contributed by atoms with Gasteiger partial charge in [0.1, 0.15) is 11.9 Å². The number of carbonyl (C=O) groups is 2. The van der Waals surface area contributed by atoms with Crippen LogP contribution in [0.4, 0.5) is 21.5 Å². The fourth-order valence-corrected chi connectivity index (χ4v) is 5.68. The van der Waals surface area contributed by atoms with Crippen LogP contribution in [0.3, 0.4) is 0 Å². The highest BCUT2D eigenvalue weighted by Gasteiger charge is 2.26. The van der Waals surface area contributed by atoms with Gasteiger partial charge in [-0.05, 0) is 54.1 Å². The molecular weight excluding hydrogens is 567 g/mol. The zero-order chi connectivity index (χ0) is 29.8. The average Bonchev–Trinajstić information content (AvgIpc) is 3.44. The van der Waals surface area contributed by atoms with E-state index in [9.17, 15) is 9.59 Å². The van der Waals surface area contributed by atoms with Crippen molar-refractivity contribution in [2.75, 3.05) is 41.3 Å². The lowest BCUT2D eigenvalue weighted by atomic mass is 10.0. The molecule has 0 aliphatic carbocycles. The molecule has 5 aromatic rings. The molecule has 0 unspecified atom stereocenters. The van der Waals surface area contributed by atoms with Crippen molar-refractivity contribution < 1.29 is 14.0 Å². The Kier molecular flexibility index (Phi) is 8.24. The van der Waals surface area contributed by atoms with E-state index in [1.165, 1.54) is 12.1 Å².